The maximum absolute atomic E-state index is 12.4. The molecular formula is C12H15BrN2O3S. The molecule has 0 saturated carbocycles. The number of halogens is 1. The van der Waals surface area contributed by atoms with E-state index in [-0.39, 0.29) is 18.4 Å². The number of morpholine rings is 1. The topological polar surface area (TPSA) is 58.6 Å². The van der Waals surface area contributed by atoms with Crippen LogP contribution < -0.4 is 5.32 Å². The van der Waals surface area contributed by atoms with Gasteiger partial charge in [-0.25, -0.2) is 0 Å². The summed E-state index contributed by atoms with van der Waals surface area (Å²) in [6, 6.07) is 1.23. The summed E-state index contributed by atoms with van der Waals surface area (Å²) in [6.07, 6.45) is 0. The van der Waals surface area contributed by atoms with E-state index in [1.54, 1.807) is 16.3 Å². The molecular weight excluding hydrogens is 332 g/mol. The van der Waals surface area contributed by atoms with Gasteiger partial charge in [-0.3, -0.25) is 9.59 Å². The molecule has 1 fully saturated rings. The van der Waals surface area contributed by atoms with Crippen molar-refractivity contribution in [2.45, 2.75) is 13.0 Å². The molecule has 0 spiro atoms. The molecule has 1 unspecified atom stereocenters. The zero-order valence-corrected chi connectivity index (χ0v) is 12.9. The summed E-state index contributed by atoms with van der Waals surface area (Å²) in [6.45, 7) is 3.55. The van der Waals surface area contributed by atoms with Gasteiger partial charge in [0.1, 0.15) is 6.04 Å². The lowest BCUT2D eigenvalue weighted by Gasteiger charge is -2.34. The molecule has 1 saturated heterocycles. The number of hydrogen-bond donors (Lipinski definition) is 1. The van der Waals surface area contributed by atoms with Crippen LogP contribution in [-0.4, -0.2) is 49.1 Å². The molecule has 1 N–H and O–H groups in total. The fourth-order valence-corrected chi connectivity index (χ4v) is 3.07. The van der Waals surface area contributed by atoms with Crippen molar-refractivity contribution in [3.63, 3.8) is 0 Å². The highest BCUT2D eigenvalue weighted by atomic mass is 79.9. The van der Waals surface area contributed by atoms with Crippen LogP contribution in [0.15, 0.2) is 15.2 Å². The molecule has 1 aromatic rings. The van der Waals surface area contributed by atoms with E-state index in [1.807, 2.05) is 6.92 Å². The smallest absolute Gasteiger partial charge is 0.255 e. The van der Waals surface area contributed by atoms with Gasteiger partial charge in [0.2, 0.25) is 5.91 Å². The Morgan fingerprint density at radius 1 is 1.63 bits per heavy atom. The van der Waals surface area contributed by atoms with Crippen molar-refractivity contribution in [2.24, 2.45) is 0 Å². The van der Waals surface area contributed by atoms with Crippen molar-refractivity contribution in [1.82, 2.24) is 10.2 Å². The molecule has 104 valence electrons. The average molecular weight is 347 g/mol. The number of nitrogens with zero attached hydrogens (tertiary/aromatic N) is 1. The molecule has 7 heteroatoms. The second-order valence-electron chi connectivity index (χ2n) is 4.12. The first kappa shape index (κ1) is 14.5. The zero-order valence-electron chi connectivity index (χ0n) is 10.5. The van der Waals surface area contributed by atoms with Crippen LogP contribution >= 0.6 is 27.3 Å². The van der Waals surface area contributed by atoms with Crippen LogP contribution in [0.2, 0.25) is 0 Å². The summed E-state index contributed by atoms with van der Waals surface area (Å²) in [5, 5.41) is 4.53. The Morgan fingerprint density at radius 3 is 3.05 bits per heavy atom. The van der Waals surface area contributed by atoms with Crippen LogP contribution in [0.4, 0.5) is 0 Å². The normalized spacial score (nSPS) is 19.3. The molecule has 0 bridgehead atoms. The van der Waals surface area contributed by atoms with Crippen molar-refractivity contribution in [1.29, 1.82) is 0 Å². The van der Waals surface area contributed by atoms with Gasteiger partial charge >= 0.3 is 0 Å². The van der Waals surface area contributed by atoms with Gasteiger partial charge in [0, 0.05) is 18.5 Å². The maximum Gasteiger partial charge on any atom is 0.255 e. The Bertz CT molecular complexity index is 477. The van der Waals surface area contributed by atoms with Crippen LogP contribution in [-0.2, 0) is 9.53 Å². The zero-order chi connectivity index (χ0) is 13.8. The minimum absolute atomic E-state index is 0.124. The number of likely N-dealkylation sites (N-methyl/N-ethyl adjacent to an activating group) is 1. The Labute approximate surface area is 124 Å². The van der Waals surface area contributed by atoms with Gasteiger partial charge in [-0.15, -0.1) is 11.3 Å². The number of rotatable bonds is 3. The fourth-order valence-electron chi connectivity index (χ4n) is 1.94. The van der Waals surface area contributed by atoms with Gasteiger partial charge in [-0.1, -0.05) is 0 Å². The molecule has 1 atom stereocenters. The third-order valence-electron chi connectivity index (χ3n) is 2.86. The lowest BCUT2D eigenvalue weighted by molar-refractivity contribution is -0.130. The molecule has 1 aliphatic rings. The molecule has 2 heterocycles. The van der Waals surface area contributed by atoms with Gasteiger partial charge in [-0.05, 0) is 28.9 Å². The summed E-state index contributed by atoms with van der Waals surface area (Å²) < 4.78 is 6.21. The van der Waals surface area contributed by atoms with E-state index in [0.29, 0.717) is 25.3 Å². The van der Waals surface area contributed by atoms with Crippen molar-refractivity contribution in [3.8, 4) is 0 Å². The monoisotopic (exact) mass is 346 g/mol. The van der Waals surface area contributed by atoms with Gasteiger partial charge in [0.15, 0.2) is 0 Å². The van der Waals surface area contributed by atoms with E-state index < -0.39 is 6.04 Å². The molecule has 0 radical (unpaired) electrons. The van der Waals surface area contributed by atoms with Gasteiger partial charge in [-0.2, -0.15) is 0 Å². The van der Waals surface area contributed by atoms with Gasteiger partial charge in [0.25, 0.3) is 5.91 Å². The third kappa shape index (κ3) is 3.34. The van der Waals surface area contributed by atoms with E-state index in [4.69, 9.17) is 4.74 Å². The van der Waals surface area contributed by atoms with E-state index in [1.165, 1.54) is 11.3 Å². The van der Waals surface area contributed by atoms with E-state index in [9.17, 15) is 9.59 Å². The number of ether oxygens (including phenoxy) is 1. The summed E-state index contributed by atoms with van der Waals surface area (Å²) >= 11 is 4.79. The van der Waals surface area contributed by atoms with Crippen molar-refractivity contribution >= 4 is 39.1 Å². The highest BCUT2D eigenvalue weighted by molar-refractivity contribution is 9.11. The number of hydrogen-bond acceptors (Lipinski definition) is 4. The number of thiophene rings is 1. The largest absolute Gasteiger partial charge is 0.377 e. The van der Waals surface area contributed by atoms with Crippen LogP contribution in [0.1, 0.15) is 17.3 Å². The predicted octanol–water partition coefficient (Wildman–Crippen LogP) is 1.49. The highest BCUT2D eigenvalue weighted by Crippen LogP contribution is 2.23. The van der Waals surface area contributed by atoms with Crippen LogP contribution in [0.3, 0.4) is 0 Å². The van der Waals surface area contributed by atoms with Crippen molar-refractivity contribution in [3.05, 3.63) is 20.8 Å². The Morgan fingerprint density at radius 2 is 2.42 bits per heavy atom. The third-order valence-corrected chi connectivity index (χ3v) is 4.36. The minimum atomic E-state index is -0.542. The van der Waals surface area contributed by atoms with E-state index in [2.05, 4.69) is 21.2 Å². The first-order chi connectivity index (χ1) is 9.13. The lowest BCUT2D eigenvalue weighted by Crippen LogP contribution is -2.55. The van der Waals surface area contributed by atoms with Crippen molar-refractivity contribution in [2.75, 3.05) is 26.3 Å². The Balaban J connectivity index is 2.15. The SMILES string of the molecule is CCNC(=O)C1COCCN1C(=O)c1csc(Br)c1. The highest BCUT2D eigenvalue weighted by Gasteiger charge is 2.33. The Kier molecular flexibility index (Phi) is 4.95. The fraction of sp³-hybridized carbons (Fsp3) is 0.500. The summed E-state index contributed by atoms with van der Waals surface area (Å²) in [5.41, 5.74) is 0.605. The second kappa shape index (κ2) is 6.49. The summed E-state index contributed by atoms with van der Waals surface area (Å²) in [7, 11) is 0. The lowest BCUT2D eigenvalue weighted by atomic mass is 10.1. The van der Waals surface area contributed by atoms with E-state index >= 15 is 0 Å². The van der Waals surface area contributed by atoms with Crippen molar-refractivity contribution < 1.29 is 14.3 Å². The predicted molar refractivity (Wildman–Crippen MR) is 76.3 cm³/mol. The molecule has 19 heavy (non-hydrogen) atoms. The molecule has 1 aromatic heterocycles. The average Bonchev–Trinajstić information content (AvgIpc) is 2.85. The molecule has 2 rings (SSSR count). The molecule has 5 nitrogen and oxygen atoms in total. The molecule has 2 amide bonds. The first-order valence-electron chi connectivity index (χ1n) is 6.04. The van der Waals surface area contributed by atoms with Crippen LogP contribution in [0.25, 0.3) is 0 Å². The summed E-state index contributed by atoms with van der Waals surface area (Å²) in [5.74, 6) is -0.286. The van der Waals surface area contributed by atoms with Crippen LogP contribution in [0.5, 0.6) is 0 Å². The first-order valence-corrected chi connectivity index (χ1v) is 7.71. The number of amides is 2. The summed E-state index contributed by atoms with van der Waals surface area (Å²) in [4.78, 5) is 26.0. The van der Waals surface area contributed by atoms with E-state index in [0.717, 1.165) is 3.79 Å². The molecule has 0 aromatic carbocycles. The number of carbonyl (C=O) groups is 2. The number of carbonyl (C=O) groups excluding carboxylic acids is 2. The number of nitrogens with one attached hydrogen (secondary N) is 1. The second-order valence-corrected chi connectivity index (χ2v) is 6.41. The van der Waals surface area contributed by atoms with Gasteiger partial charge in [0.05, 0.1) is 22.6 Å². The Hall–Kier alpha value is -0.920. The standard InChI is InChI=1S/C12H15BrN2O3S/c1-2-14-11(16)9-6-18-4-3-15(9)12(17)8-5-10(13)19-7-8/h5,7,9H,2-4,6H2,1H3,(H,14,16). The molecule has 1 aliphatic heterocycles. The maximum atomic E-state index is 12.4. The van der Waals surface area contributed by atoms with Gasteiger partial charge < -0.3 is 15.0 Å². The quantitative estimate of drug-likeness (QED) is 0.901. The minimum Gasteiger partial charge on any atom is -0.377 e. The van der Waals surface area contributed by atoms with Crippen LogP contribution in [0, 0.1) is 0 Å². The molecule has 0 aliphatic carbocycles.